The van der Waals surface area contributed by atoms with Gasteiger partial charge in [-0.25, -0.2) is 14.4 Å². The number of nitrogens with two attached hydrogens (primary N) is 1. The average molecular weight is 288 g/mol. The predicted molar refractivity (Wildman–Crippen MR) is 76.2 cm³/mol. The van der Waals surface area contributed by atoms with Gasteiger partial charge in [0, 0.05) is 5.38 Å². The van der Waals surface area contributed by atoms with Gasteiger partial charge in [-0.05, 0) is 12.1 Å². The molecule has 0 unspecified atom stereocenters. The summed E-state index contributed by atoms with van der Waals surface area (Å²) in [7, 11) is 0. The minimum atomic E-state index is -0.491. The zero-order chi connectivity index (χ0) is 14.1. The fourth-order valence-electron chi connectivity index (χ4n) is 1.78. The number of thiophene rings is 1. The highest BCUT2D eigenvalue weighted by molar-refractivity contribution is 7.18. The van der Waals surface area contributed by atoms with Crippen LogP contribution < -0.4 is 11.1 Å². The molecule has 2 aromatic heterocycles. The van der Waals surface area contributed by atoms with Gasteiger partial charge in [-0.3, -0.25) is 4.79 Å². The normalized spacial score (nSPS) is 10.7. The lowest BCUT2D eigenvalue weighted by molar-refractivity contribution is 0.102. The van der Waals surface area contributed by atoms with E-state index in [2.05, 4.69) is 15.3 Å². The second-order valence-corrected chi connectivity index (χ2v) is 4.90. The van der Waals surface area contributed by atoms with Gasteiger partial charge in [0.1, 0.15) is 18.0 Å². The smallest absolute Gasteiger partial charge is 0.258 e. The lowest BCUT2D eigenvalue weighted by Crippen LogP contribution is -2.12. The molecule has 1 aromatic carbocycles. The summed E-state index contributed by atoms with van der Waals surface area (Å²) in [6.07, 6.45) is 1.30. The van der Waals surface area contributed by atoms with Gasteiger partial charge < -0.3 is 11.1 Å². The van der Waals surface area contributed by atoms with Gasteiger partial charge in [-0.2, -0.15) is 0 Å². The molecule has 0 aliphatic carbocycles. The highest BCUT2D eigenvalue weighted by Gasteiger charge is 2.16. The summed E-state index contributed by atoms with van der Waals surface area (Å²) < 4.78 is 14.2. The van der Waals surface area contributed by atoms with Gasteiger partial charge >= 0.3 is 0 Å². The standard InChI is InChI=1S/C13H9FN4OS/c14-8-3-1-2-4-9(8)18-13(19)7-5-20-11-10(7)16-6-17-12(11)15/h1-6H,(H,18,19)(H2,15,16,17). The van der Waals surface area contributed by atoms with Crippen molar-refractivity contribution in [3.05, 3.63) is 47.4 Å². The number of hydrogen-bond donors (Lipinski definition) is 2. The molecule has 3 aromatic rings. The summed E-state index contributed by atoms with van der Waals surface area (Å²) in [5, 5.41) is 4.15. The van der Waals surface area contributed by atoms with E-state index in [1.54, 1.807) is 17.5 Å². The molecule has 0 spiro atoms. The molecule has 100 valence electrons. The molecule has 5 nitrogen and oxygen atoms in total. The Bertz CT molecular complexity index is 802. The third-order valence-electron chi connectivity index (χ3n) is 2.75. The summed E-state index contributed by atoms with van der Waals surface area (Å²) in [5.41, 5.74) is 6.66. The van der Waals surface area contributed by atoms with Crippen LogP contribution in [-0.2, 0) is 0 Å². The summed E-state index contributed by atoms with van der Waals surface area (Å²) in [6.45, 7) is 0. The van der Waals surface area contributed by atoms with E-state index in [4.69, 9.17) is 5.73 Å². The Morgan fingerprint density at radius 3 is 2.90 bits per heavy atom. The van der Waals surface area contributed by atoms with E-state index in [0.29, 0.717) is 21.6 Å². The van der Waals surface area contributed by atoms with Crippen molar-refractivity contribution in [1.82, 2.24) is 9.97 Å². The van der Waals surface area contributed by atoms with Crippen LogP contribution in [0.1, 0.15) is 10.4 Å². The van der Waals surface area contributed by atoms with Crippen molar-refractivity contribution in [2.45, 2.75) is 0 Å². The van der Waals surface area contributed by atoms with Crippen LogP contribution in [0.15, 0.2) is 36.0 Å². The Kier molecular flexibility index (Phi) is 3.03. The number of nitrogens with zero attached hydrogens (tertiary/aromatic N) is 2. The largest absolute Gasteiger partial charge is 0.382 e. The minimum Gasteiger partial charge on any atom is -0.382 e. The molecule has 0 atom stereocenters. The molecule has 0 saturated heterocycles. The van der Waals surface area contributed by atoms with Crippen molar-refractivity contribution in [1.29, 1.82) is 0 Å². The molecule has 3 rings (SSSR count). The van der Waals surface area contributed by atoms with Crippen molar-refractivity contribution in [3.8, 4) is 0 Å². The topological polar surface area (TPSA) is 80.9 Å². The number of aromatic nitrogens is 2. The second kappa shape index (κ2) is 4.86. The van der Waals surface area contributed by atoms with E-state index in [9.17, 15) is 9.18 Å². The number of carbonyl (C=O) groups is 1. The fraction of sp³-hybridized carbons (Fsp3) is 0. The zero-order valence-electron chi connectivity index (χ0n) is 10.1. The SMILES string of the molecule is Nc1ncnc2c(C(=O)Nc3ccccc3F)csc12. The van der Waals surface area contributed by atoms with Crippen molar-refractivity contribution in [2.24, 2.45) is 0 Å². The van der Waals surface area contributed by atoms with Crippen LogP contribution >= 0.6 is 11.3 Å². The van der Waals surface area contributed by atoms with Crippen LogP contribution in [0.5, 0.6) is 0 Å². The number of para-hydroxylation sites is 1. The summed E-state index contributed by atoms with van der Waals surface area (Å²) in [5.74, 6) is -0.598. The minimum absolute atomic E-state index is 0.124. The molecule has 0 aliphatic heterocycles. The molecule has 0 saturated carbocycles. The number of hydrogen-bond acceptors (Lipinski definition) is 5. The van der Waals surface area contributed by atoms with E-state index in [1.807, 2.05) is 0 Å². The van der Waals surface area contributed by atoms with Crippen LogP contribution in [0, 0.1) is 5.82 Å². The van der Waals surface area contributed by atoms with Crippen molar-refractivity contribution in [2.75, 3.05) is 11.1 Å². The van der Waals surface area contributed by atoms with Crippen LogP contribution in [-0.4, -0.2) is 15.9 Å². The van der Waals surface area contributed by atoms with E-state index in [1.165, 1.54) is 29.8 Å². The molecule has 2 heterocycles. The van der Waals surface area contributed by atoms with Gasteiger partial charge in [-0.15, -0.1) is 11.3 Å². The number of amides is 1. The Labute approximate surface area is 117 Å². The van der Waals surface area contributed by atoms with Crippen LogP contribution in [0.25, 0.3) is 10.2 Å². The first kappa shape index (κ1) is 12.5. The van der Waals surface area contributed by atoms with E-state index in [0.717, 1.165) is 0 Å². The number of fused-ring (bicyclic) bond motifs is 1. The Morgan fingerprint density at radius 2 is 2.10 bits per heavy atom. The molecule has 7 heteroatoms. The molecule has 0 fully saturated rings. The lowest BCUT2D eigenvalue weighted by atomic mass is 10.2. The summed E-state index contributed by atoms with van der Waals surface area (Å²) in [4.78, 5) is 20.1. The maximum Gasteiger partial charge on any atom is 0.258 e. The number of halogens is 1. The molecule has 3 N–H and O–H groups in total. The number of rotatable bonds is 2. The predicted octanol–water partition coefficient (Wildman–Crippen LogP) is 2.66. The first-order valence-corrected chi connectivity index (χ1v) is 6.58. The van der Waals surface area contributed by atoms with Crippen molar-refractivity contribution >= 4 is 39.0 Å². The number of anilines is 2. The molecule has 20 heavy (non-hydrogen) atoms. The maximum atomic E-state index is 13.5. The van der Waals surface area contributed by atoms with Gasteiger partial charge in [-0.1, -0.05) is 12.1 Å². The highest BCUT2D eigenvalue weighted by atomic mass is 32.1. The average Bonchev–Trinajstić information content (AvgIpc) is 2.87. The Hall–Kier alpha value is -2.54. The highest BCUT2D eigenvalue weighted by Crippen LogP contribution is 2.28. The second-order valence-electron chi connectivity index (χ2n) is 4.02. The molecule has 0 radical (unpaired) electrons. The molecule has 0 aliphatic rings. The summed E-state index contributed by atoms with van der Waals surface area (Å²) in [6, 6.07) is 5.97. The third kappa shape index (κ3) is 2.08. The fourth-order valence-corrected chi connectivity index (χ4v) is 2.68. The van der Waals surface area contributed by atoms with E-state index < -0.39 is 11.7 Å². The van der Waals surface area contributed by atoms with Crippen LogP contribution in [0.3, 0.4) is 0 Å². The summed E-state index contributed by atoms with van der Waals surface area (Å²) >= 11 is 1.28. The first-order chi connectivity index (χ1) is 9.66. The van der Waals surface area contributed by atoms with Crippen LogP contribution in [0.4, 0.5) is 15.9 Å². The van der Waals surface area contributed by atoms with Crippen LogP contribution in [0.2, 0.25) is 0 Å². The number of nitrogens with one attached hydrogen (secondary N) is 1. The zero-order valence-corrected chi connectivity index (χ0v) is 10.9. The number of carbonyl (C=O) groups excluding carboxylic acids is 1. The molecular formula is C13H9FN4OS. The van der Waals surface area contributed by atoms with E-state index in [-0.39, 0.29) is 5.69 Å². The number of benzene rings is 1. The van der Waals surface area contributed by atoms with Gasteiger partial charge in [0.05, 0.1) is 21.5 Å². The molecule has 0 bridgehead atoms. The lowest BCUT2D eigenvalue weighted by Gasteiger charge is -2.05. The van der Waals surface area contributed by atoms with Crippen molar-refractivity contribution < 1.29 is 9.18 Å². The monoisotopic (exact) mass is 288 g/mol. The molecule has 1 amide bonds. The van der Waals surface area contributed by atoms with Gasteiger partial charge in [0.25, 0.3) is 5.91 Å². The molecular weight excluding hydrogens is 279 g/mol. The third-order valence-corrected chi connectivity index (χ3v) is 3.74. The Morgan fingerprint density at radius 1 is 1.30 bits per heavy atom. The van der Waals surface area contributed by atoms with E-state index >= 15 is 0 Å². The quantitative estimate of drug-likeness (QED) is 0.759. The van der Waals surface area contributed by atoms with Crippen molar-refractivity contribution in [3.63, 3.8) is 0 Å². The first-order valence-electron chi connectivity index (χ1n) is 5.70. The Balaban J connectivity index is 1.98. The maximum absolute atomic E-state index is 13.5. The number of nitrogen functional groups attached to an aromatic ring is 1. The van der Waals surface area contributed by atoms with Gasteiger partial charge in [0.15, 0.2) is 0 Å². The van der Waals surface area contributed by atoms with Gasteiger partial charge in [0.2, 0.25) is 0 Å².